The summed E-state index contributed by atoms with van der Waals surface area (Å²) in [5.74, 6) is 0.237. The van der Waals surface area contributed by atoms with Crippen LogP contribution in [0.15, 0.2) is 0 Å². The number of carbonyl (C=O) groups is 1. The van der Waals surface area contributed by atoms with Gasteiger partial charge in [0.2, 0.25) is 5.91 Å². The molecule has 0 N–H and O–H groups in total. The molecule has 0 atom stereocenters. The second-order valence-corrected chi connectivity index (χ2v) is 4.25. The molecular formula is C11H22N2O. The average Bonchev–Trinajstić information content (AvgIpc) is 2.15. The van der Waals surface area contributed by atoms with Gasteiger partial charge >= 0.3 is 0 Å². The van der Waals surface area contributed by atoms with E-state index in [4.69, 9.17) is 0 Å². The number of nitrogens with zero attached hydrogens (tertiary/aromatic N) is 2. The van der Waals surface area contributed by atoms with Crippen molar-refractivity contribution in [1.82, 2.24) is 9.80 Å². The van der Waals surface area contributed by atoms with Crippen molar-refractivity contribution in [3.63, 3.8) is 0 Å². The number of rotatable bonds is 3. The Morgan fingerprint density at radius 3 is 2.43 bits per heavy atom. The summed E-state index contributed by atoms with van der Waals surface area (Å²) >= 11 is 0. The second kappa shape index (κ2) is 5.35. The zero-order valence-corrected chi connectivity index (χ0v) is 9.62. The molecule has 0 aliphatic carbocycles. The van der Waals surface area contributed by atoms with Crippen LogP contribution < -0.4 is 0 Å². The Balaban J connectivity index is 2.47. The van der Waals surface area contributed by atoms with Gasteiger partial charge in [0, 0.05) is 19.5 Å². The van der Waals surface area contributed by atoms with Crippen molar-refractivity contribution in [3.05, 3.63) is 0 Å². The Morgan fingerprint density at radius 1 is 1.43 bits per heavy atom. The molecule has 0 spiro atoms. The Morgan fingerprint density at radius 2 is 2.00 bits per heavy atom. The van der Waals surface area contributed by atoms with E-state index in [0.717, 1.165) is 38.9 Å². The highest BCUT2D eigenvalue weighted by Crippen LogP contribution is 2.15. The molecule has 0 unspecified atom stereocenters. The molecule has 3 heteroatoms. The minimum Gasteiger partial charge on any atom is -0.340 e. The Bertz CT molecular complexity index is 186. The molecule has 82 valence electrons. The van der Waals surface area contributed by atoms with E-state index in [2.05, 4.69) is 18.9 Å². The molecule has 1 aliphatic heterocycles. The molecule has 3 nitrogen and oxygen atoms in total. The van der Waals surface area contributed by atoms with Gasteiger partial charge in [0.25, 0.3) is 0 Å². The van der Waals surface area contributed by atoms with Gasteiger partial charge in [-0.2, -0.15) is 0 Å². The molecule has 0 aromatic carbocycles. The fourth-order valence-corrected chi connectivity index (χ4v) is 2.14. The molecule has 1 fully saturated rings. The molecule has 0 radical (unpaired) electrons. The number of hydrogen-bond donors (Lipinski definition) is 0. The highest BCUT2D eigenvalue weighted by molar-refractivity contribution is 5.73. The van der Waals surface area contributed by atoms with Crippen molar-refractivity contribution in [1.29, 1.82) is 0 Å². The third-order valence-electron chi connectivity index (χ3n) is 3.00. The first-order valence-corrected chi connectivity index (χ1v) is 5.61. The predicted octanol–water partition coefficient (Wildman–Crippen LogP) is 1.34. The summed E-state index contributed by atoms with van der Waals surface area (Å²) in [5, 5.41) is 0. The minimum absolute atomic E-state index is 0.237. The lowest BCUT2D eigenvalue weighted by molar-refractivity contribution is -0.132. The summed E-state index contributed by atoms with van der Waals surface area (Å²) in [5.41, 5.74) is 0. The topological polar surface area (TPSA) is 23.6 Å². The average molecular weight is 198 g/mol. The predicted molar refractivity (Wildman–Crippen MR) is 58.2 cm³/mol. The van der Waals surface area contributed by atoms with Gasteiger partial charge in [-0.05, 0) is 39.4 Å². The summed E-state index contributed by atoms with van der Waals surface area (Å²) < 4.78 is 0. The first kappa shape index (κ1) is 11.5. The van der Waals surface area contributed by atoms with Crippen molar-refractivity contribution in [3.8, 4) is 0 Å². The van der Waals surface area contributed by atoms with E-state index < -0.39 is 0 Å². The molecule has 0 bridgehead atoms. The third kappa shape index (κ3) is 2.98. The SMILES string of the molecule is CCCN(C(C)=O)C1CCN(C)CC1. The third-order valence-corrected chi connectivity index (χ3v) is 3.00. The highest BCUT2D eigenvalue weighted by Gasteiger charge is 2.23. The summed E-state index contributed by atoms with van der Waals surface area (Å²) in [7, 11) is 2.15. The van der Waals surface area contributed by atoms with Gasteiger partial charge in [-0.3, -0.25) is 4.79 Å². The minimum atomic E-state index is 0.237. The van der Waals surface area contributed by atoms with E-state index in [-0.39, 0.29) is 5.91 Å². The Labute approximate surface area is 87.1 Å². The zero-order valence-electron chi connectivity index (χ0n) is 9.62. The zero-order chi connectivity index (χ0) is 10.6. The van der Waals surface area contributed by atoms with Crippen LogP contribution in [0.25, 0.3) is 0 Å². The van der Waals surface area contributed by atoms with E-state index in [0.29, 0.717) is 6.04 Å². The maximum absolute atomic E-state index is 11.4. The quantitative estimate of drug-likeness (QED) is 0.683. The summed E-state index contributed by atoms with van der Waals surface area (Å²) in [4.78, 5) is 15.8. The number of carbonyl (C=O) groups excluding carboxylic acids is 1. The van der Waals surface area contributed by atoms with E-state index in [1.807, 2.05) is 4.90 Å². The summed E-state index contributed by atoms with van der Waals surface area (Å²) in [6.07, 6.45) is 3.33. The molecule has 0 aromatic heterocycles. The fraction of sp³-hybridized carbons (Fsp3) is 0.909. The van der Waals surface area contributed by atoms with Crippen molar-refractivity contribution in [2.75, 3.05) is 26.7 Å². The van der Waals surface area contributed by atoms with Crippen molar-refractivity contribution in [2.45, 2.75) is 39.2 Å². The van der Waals surface area contributed by atoms with Crippen LogP contribution in [0, 0.1) is 0 Å². The van der Waals surface area contributed by atoms with E-state index in [9.17, 15) is 4.79 Å². The number of amides is 1. The maximum Gasteiger partial charge on any atom is 0.219 e. The van der Waals surface area contributed by atoms with E-state index in [1.165, 1.54) is 0 Å². The van der Waals surface area contributed by atoms with Gasteiger partial charge in [-0.1, -0.05) is 6.92 Å². The van der Waals surface area contributed by atoms with Gasteiger partial charge in [-0.15, -0.1) is 0 Å². The van der Waals surface area contributed by atoms with E-state index >= 15 is 0 Å². The highest BCUT2D eigenvalue weighted by atomic mass is 16.2. The van der Waals surface area contributed by atoms with E-state index in [1.54, 1.807) is 6.92 Å². The summed E-state index contributed by atoms with van der Waals surface area (Å²) in [6, 6.07) is 0.489. The lowest BCUT2D eigenvalue weighted by atomic mass is 10.0. The molecule has 1 amide bonds. The van der Waals surface area contributed by atoms with Crippen LogP contribution in [0.5, 0.6) is 0 Å². The number of likely N-dealkylation sites (tertiary alicyclic amines) is 1. The summed E-state index contributed by atoms with van der Waals surface area (Å²) in [6.45, 7) is 6.99. The lowest BCUT2D eigenvalue weighted by Crippen LogP contribution is -2.46. The largest absolute Gasteiger partial charge is 0.340 e. The maximum atomic E-state index is 11.4. The van der Waals surface area contributed by atoms with Gasteiger partial charge in [0.05, 0.1) is 0 Å². The monoisotopic (exact) mass is 198 g/mol. The van der Waals surface area contributed by atoms with Gasteiger partial charge in [0.15, 0.2) is 0 Å². The van der Waals surface area contributed by atoms with Crippen LogP contribution in [0.4, 0.5) is 0 Å². The lowest BCUT2D eigenvalue weighted by Gasteiger charge is -2.36. The molecule has 1 aliphatic rings. The van der Waals surface area contributed by atoms with Crippen molar-refractivity contribution in [2.24, 2.45) is 0 Å². The van der Waals surface area contributed by atoms with Crippen molar-refractivity contribution >= 4 is 5.91 Å². The van der Waals surface area contributed by atoms with Crippen LogP contribution in [-0.4, -0.2) is 48.4 Å². The van der Waals surface area contributed by atoms with Crippen LogP contribution in [0.1, 0.15) is 33.1 Å². The van der Waals surface area contributed by atoms with Crippen LogP contribution >= 0.6 is 0 Å². The first-order chi connectivity index (χ1) is 6.65. The smallest absolute Gasteiger partial charge is 0.219 e. The molecule has 0 aromatic rings. The van der Waals surface area contributed by atoms with Crippen molar-refractivity contribution < 1.29 is 4.79 Å². The molecule has 1 rings (SSSR count). The van der Waals surface area contributed by atoms with Gasteiger partial charge in [0.1, 0.15) is 0 Å². The molecule has 0 saturated carbocycles. The molecular weight excluding hydrogens is 176 g/mol. The van der Waals surface area contributed by atoms with Crippen LogP contribution in [0.3, 0.4) is 0 Å². The Hall–Kier alpha value is -0.570. The fourth-order valence-electron chi connectivity index (χ4n) is 2.14. The number of piperidine rings is 1. The molecule has 1 saturated heterocycles. The van der Waals surface area contributed by atoms with Gasteiger partial charge in [-0.25, -0.2) is 0 Å². The normalized spacial score (nSPS) is 19.6. The first-order valence-electron chi connectivity index (χ1n) is 5.61. The number of hydrogen-bond acceptors (Lipinski definition) is 2. The molecule has 14 heavy (non-hydrogen) atoms. The Kier molecular flexibility index (Phi) is 4.39. The van der Waals surface area contributed by atoms with Crippen LogP contribution in [0.2, 0.25) is 0 Å². The second-order valence-electron chi connectivity index (χ2n) is 4.25. The van der Waals surface area contributed by atoms with Gasteiger partial charge < -0.3 is 9.80 Å². The molecule has 1 heterocycles. The van der Waals surface area contributed by atoms with Crippen LogP contribution in [-0.2, 0) is 4.79 Å². The standard InChI is InChI=1S/C11H22N2O/c1-4-7-13(10(2)14)11-5-8-12(3)9-6-11/h11H,4-9H2,1-3H3.